The molecular formula is C15H21N3OS. The molecule has 0 aliphatic rings. The van der Waals surface area contributed by atoms with Gasteiger partial charge in [0.1, 0.15) is 0 Å². The zero-order chi connectivity index (χ0) is 14.6. The van der Waals surface area contributed by atoms with E-state index >= 15 is 0 Å². The molecule has 0 aliphatic carbocycles. The minimum absolute atomic E-state index is 0.142. The van der Waals surface area contributed by atoms with Crippen LogP contribution in [0.25, 0.3) is 0 Å². The van der Waals surface area contributed by atoms with Gasteiger partial charge in [0.25, 0.3) is 0 Å². The molecular weight excluding hydrogens is 270 g/mol. The third-order valence-electron chi connectivity index (χ3n) is 2.68. The first-order valence-electron chi connectivity index (χ1n) is 6.68. The van der Waals surface area contributed by atoms with Crippen LogP contribution in [0.2, 0.25) is 0 Å². The summed E-state index contributed by atoms with van der Waals surface area (Å²) in [5.41, 5.74) is 1.43. The number of rotatable bonds is 5. The van der Waals surface area contributed by atoms with Crippen molar-refractivity contribution in [3.63, 3.8) is 0 Å². The number of nitrogens with zero attached hydrogens (tertiary/aromatic N) is 2. The van der Waals surface area contributed by atoms with Gasteiger partial charge in [0, 0.05) is 23.9 Å². The molecule has 0 unspecified atom stereocenters. The van der Waals surface area contributed by atoms with Gasteiger partial charge in [0.2, 0.25) is 11.8 Å². The first-order valence-corrected chi connectivity index (χ1v) is 7.67. The van der Waals surface area contributed by atoms with E-state index in [2.05, 4.69) is 60.6 Å². The number of aromatic nitrogens is 2. The lowest BCUT2D eigenvalue weighted by atomic mass is 10.1. The fourth-order valence-corrected chi connectivity index (χ4v) is 2.35. The lowest BCUT2D eigenvalue weighted by molar-refractivity contribution is 0.424. The molecule has 0 fully saturated rings. The number of nitrogens with one attached hydrogen (secondary N) is 1. The highest BCUT2D eigenvalue weighted by Gasteiger charge is 2.08. The minimum atomic E-state index is 0.142. The predicted molar refractivity (Wildman–Crippen MR) is 81.6 cm³/mol. The first kappa shape index (κ1) is 15.1. The van der Waals surface area contributed by atoms with Crippen molar-refractivity contribution in [1.29, 1.82) is 0 Å². The second kappa shape index (κ2) is 6.41. The second-order valence-electron chi connectivity index (χ2n) is 5.75. The van der Waals surface area contributed by atoms with Gasteiger partial charge in [-0.15, -0.1) is 22.0 Å². The van der Waals surface area contributed by atoms with E-state index in [0.717, 1.165) is 6.54 Å². The zero-order valence-corrected chi connectivity index (χ0v) is 13.3. The summed E-state index contributed by atoms with van der Waals surface area (Å²) >= 11 is 1.70. The summed E-state index contributed by atoms with van der Waals surface area (Å²) in [5, 5.41) is 11.3. The van der Waals surface area contributed by atoms with E-state index < -0.39 is 0 Å². The smallest absolute Gasteiger partial charge is 0.226 e. The van der Waals surface area contributed by atoms with E-state index in [1.165, 1.54) is 10.5 Å². The normalized spacial score (nSPS) is 11.8. The minimum Gasteiger partial charge on any atom is -0.425 e. The predicted octanol–water partition coefficient (Wildman–Crippen LogP) is 3.56. The summed E-state index contributed by atoms with van der Waals surface area (Å²) in [6, 6.07) is 8.57. The lowest BCUT2D eigenvalue weighted by Gasteiger charge is -2.20. The van der Waals surface area contributed by atoms with Crippen molar-refractivity contribution in [2.45, 2.75) is 50.4 Å². The Hall–Kier alpha value is -1.33. The fraction of sp³-hybridized carbons (Fsp3) is 0.467. The Morgan fingerprint density at radius 1 is 1.15 bits per heavy atom. The summed E-state index contributed by atoms with van der Waals surface area (Å²) in [7, 11) is 0. The molecule has 108 valence electrons. The fourth-order valence-electron chi connectivity index (χ4n) is 1.61. The van der Waals surface area contributed by atoms with Crippen LogP contribution in [0.4, 0.5) is 0 Å². The van der Waals surface area contributed by atoms with Crippen molar-refractivity contribution in [1.82, 2.24) is 15.5 Å². The summed E-state index contributed by atoms with van der Waals surface area (Å²) in [4.78, 5) is 1.21. The van der Waals surface area contributed by atoms with Crippen LogP contribution in [0.3, 0.4) is 0 Å². The second-order valence-corrected chi connectivity index (χ2v) is 6.80. The molecule has 0 spiro atoms. The van der Waals surface area contributed by atoms with Gasteiger partial charge in [0.05, 0.1) is 5.75 Å². The molecule has 5 heteroatoms. The zero-order valence-electron chi connectivity index (χ0n) is 12.4. The summed E-state index contributed by atoms with van der Waals surface area (Å²) in [6.45, 7) is 9.20. The number of aryl methyl sites for hydroxylation is 1. The molecule has 0 aliphatic heterocycles. The van der Waals surface area contributed by atoms with Crippen LogP contribution >= 0.6 is 11.8 Å². The van der Waals surface area contributed by atoms with Crippen LogP contribution < -0.4 is 5.32 Å². The summed E-state index contributed by atoms with van der Waals surface area (Å²) < 4.78 is 5.35. The molecule has 0 atom stereocenters. The standard InChI is InChI=1S/C15H21N3OS/c1-11-17-18-14(19-11)10-20-13-7-5-12(6-8-13)9-16-15(2,3)4/h5-8,16H,9-10H2,1-4H3. The van der Waals surface area contributed by atoms with Gasteiger partial charge in [-0.2, -0.15) is 0 Å². The van der Waals surface area contributed by atoms with Crippen molar-refractivity contribution in [2.24, 2.45) is 0 Å². The number of hydrogen-bond acceptors (Lipinski definition) is 5. The monoisotopic (exact) mass is 291 g/mol. The average Bonchev–Trinajstić information content (AvgIpc) is 2.80. The molecule has 0 saturated heterocycles. The van der Waals surface area contributed by atoms with Crippen LogP contribution in [0.1, 0.15) is 38.1 Å². The Kier molecular flexibility index (Phi) is 4.83. The number of thioether (sulfide) groups is 1. The molecule has 0 bridgehead atoms. The molecule has 1 aromatic carbocycles. The van der Waals surface area contributed by atoms with E-state index in [1.807, 2.05) is 0 Å². The highest BCUT2D eigenvalue weighted by Crippen LogP contribution is 2.22. The van der Waals surface area contributed by atoms with Crippen LogP contribution in [-0.2, 0) is 12.3 Å². The van der Waals surface area contributed by atoms with Crippen molar-refractivity contribution < 1.29 is 4.42 Å². The van der Waals surface area contributed by atoms with Gasteiger partial charge in [0.15, 0.2) is 0 Å². The van der Waals surface area contributed by atoms with Crippen molar-refractivity contribution in [3.05, 3.63) is 41.6 Å². The third-order valence-corrected chi connectivity index (χ3v) is 3.67. The Bertz CT molecular complexity index is 543. The van der Waals surface area contributed by atoms with E-state index in [0.29, 0.717) is 17.5 Å². The number of hydrogen-bond donors (Lipinski definition) is 1. The lowest BCUT2D eigenvalue weighted by Crippen LogP contribution is -2.35. The molecule has 1 aromatic heterocycles. The largest absolute Gasteiger partial charge is 0.425 e. The SMILES string of the molecule is Cc1nnc(CSc2ccc(CNC(C)(C)C)cc2)o1. The molecule has 20 heavy (non-hydrogen) atoms. The molecule has 0 amide bonds. The van der Waals surface area contributed by atoms with Crippen LogP contribution in [0, 0.1) is 6.92 Å². The van der Waals surface area contributed by atoms with Crippen molar-refractivity contribution in [3.8, 4) is 0 Å². The van der Waals surface area contributed by atoms with E-state index in [1.54, 1.807) is 18.7 Å². The molecule has 4 nitrogen and oxygen atoms in total. The summed E-state index contributed by atoms with van der Waals surface area (Å²) in [6.07, 6.45) is 0. The Balaban J connectivity index is 1.85. The maximum absolute atomic E-state index is 5.35. The average molecular weight is 291 g/mol. The number of benzene rings is 1. The van der Waals surface area contributed by atoms with E-state index in [9.17, 15) is 0 Å². The highest BCUT2D eigenvalue weighted by atomic mass is 32.2. The molecule has 1 N–H and O–H groups in total. The van der Waals surface area contributed by atoms with Crippen LogP contribution in [-0.4, -0.2) is 15.7 Å². The Morgan fingerprint density at radius 2 is 1.85 bits per heavy atom. The topological polar surface area (TPSA) is 51.0 Å². The first-order chi connectivity index (χ1) is 9.42. The van der Waals surface area contributed by atoms with Crippen LogP contribution in [0.5, 0.6) is 0 Å². The van der Waals surface area contributed by atoms with Gasteiger partial charge >= 0.3 is 0 Å². The summed E-state index contributed by atoms with van der Waals surface area (Å²) in [5.74, 6) is 2.00. The van der Waals surface area contributed by atoms with Gasteiger partial charge in [-0.25, -0.2) is 0 Å². The van der Waals surface area contributed by atoms with Crippen LogP contribution in [0.15, 0.2) is 33.6 Å². The van der Waals surface area contributed by atoms with E-state index in [-0.39, 0.29) is 5.54 Å². The maximum atomic E-state index is 5.35. The van der Waals surface area contributed by atoms with Gasteiger partial charge in [-0.3, -0.25) is 0 Å². The molecule has 0 saturated carbocycles. The third kappa shape index (κ3) is 4.98. The molecule has 1 heterocycles. The molecule has 0 radical (unpaired) electrons. The maximum Gasteiger partial charge on any atom is 0.226 e. The van der Waals surface area contributed by atoms with E-state index in [4.69, 9.17) is 4.42 Å². The van der Waals surface area contributed by atoms with Gasteiger partial charge < -0.3 is 9.73 Å². The van der Waals surface area contributed by atoms with Crippen molar-refractivity contribution in [2.75, 3.05) is 0 Å². The highest BCUT2D eigenvalue weighted by molar-refractivity contribution is 7.98. The van der Waals surface area contributed by atoms with Gasteiger partial charge in [-0.05, 0) is 38.5 Å². The quantitative estimate of drug-likeness (QED) is 0.854. The van der Waals surface area contributed by atoms with Gasteiger partial charge in [-0.1, -0.05) is 12.1 Å². The Morgan fingerprint density at radius 3 is 2.40 bits per heavy atom. The molecule has 2 aromatic rings. The van der Waals surface area contributed by atoms with Crippen molar-refractivity contribution >= 4 is 11.8 Å². The molecule has 2 rings (SSSR count). The Labute approximate surface area is 124 Å².